The summed E-state index contributed by atoms with van der Waals surface area (Å²) in [5.41, 5.74) is 0.827. The average molecular weight is 398 g/mol. The fourth-order valence-electron chi connectivity index (χ4n) is 2.08. The number of halogens is 1. The molecule has 9 heteroatoms. The highest BCUT2D eigenvalue weighted by Gasteiger charge is 2.41. The van der Waals surface area contributed by atoms with Crippen LogP contribution in [-0.4, -0.2) is 43.3 Å². The zero-order chi connectivity index (χ0) is 18.6. The SMILES string of the molecule is O=C(O)C[C@H](C(=O)O)N1C(=O)/C(=C\C(Cl)=C\c2ccccc2)SC1=S. The maximum Gasteiger partial charge on any atom is 0.327 e. The van der Waals surface area contributed by atoms with Crippen LogP contribution in [0.5, 0.6) is 0 Å². The van der Waals surface area contributed by atoms with Gasteiger partial charge in [-0.2, -0.15) is 0 Å². The molecule has 2 rings (SSSR count). The van der Waals surface area contributed by atoms with Crippen LogP contribution in [0.15, 0.2) is 46.3 Å². The van der Waals surface area contributed by atoms with Gasteiger partial charge in [-0.05, 0) is 17.7 Å². The minimum Gasteiger partial charge on any atom is -0.481 e. The van der Waals surface area contributed by atoms with Crippen LogP contribution in [0.4, 0.5) is 0 Å². The van der Waals surface area contributed by atoms with E-state index in [2.05, 4.69) is 0 Å². The summed E-state index contributed by atoms with van der Waals surface area (Å²) in [5, 5.41) is 18.3. The van der Waals surface area contributed by atoms with Gasteiger partial charge in [0.2, 0.25) is 0 Å². The number of aliphatic carboxylic acids is 2. The molecule has 0 saturated carbocycles. The Labute approximate surface area is 157 Å². The van der Waals surface area contributed by atoms with Crippen LogP contribution in [0.1, 0.15) is 12.0 Å². The van der Waals surface area contributed by atoms with Crippen molar-refractivity contribution in [1.29, 1.82) is 0 Å². The van der Waals surface area contributed by atoms with E-state index in [-0.39, 0.29) is 14.3 Å². The molecular formula is C16H12ClNO5S2. The summed E-state index contributed by atoms with van der Waals surface area (Å²) in [5.74, 6) is -3.46. The number of hydrogen-bond donors (Lipinski definition) is 2. The van der Waals surface area contributed by atoms with E-state index >= 15 is 0 Å². The van der Waals surface area contributed by atoms with Crippen LogP contribution in [0.2, 0.25) is 0 Å². The predicted molar refractivity (Wildman–Crippen MR) is 99.1 cm³/mol. The van der Waals surface area contributed by atoms with Crippen molar-refractivity contribution in [3.8, 4) is 0 Å². The molecule has 0 bridgehead atoms. The van der Waals surface area contributed by atoms with Gasteiger partial charge in [0.05, 0.1) is 11.3 Å². The Morgan fingerprint density at radius 2 is 1.92 bits per heavy atom. The normalized spacial score (nSPS) is 17.9. The number of allylic oxidation sites excluding steroid dienone is 2. The van der Waals surface area contributed by atoms with Crippen molar-refractivity contribution >= 4 is 63.8 Å². The topological polar surface area (TPSA) is 94.9 Å². The van der Waals surface area contributed by atoms with E-state index in [4.69, 9.17) is 28.9 Å². The highest BCUT2D eigenvalue weighted by Crippen LogP contribution is 2.34. The van der Waals surface area contributed by atoms with Crippen LogP contribution in [0.25, 0.3) is 6.08 Å². The van der Waals surface area contributed by atoms with Crippen molar-refractivity contribution in [1.82, 2.24) is 4.90 Å². The molecule has 2 N–H and O–H groups in total. The number of rotatable bonds is 6. The van der Waals surface area contributed by atoms with Crippen molar-refractivity contribution in [3.63, 3.8) is 0 Å². The van der Waals surface area contributed by atoms with Crippen LogP contribution < -0.4 is 0 Å². The summed E-state index contributed by atoms with van der Waals surface area (Å²) < 4.78 is -0.0194. The Kier molecular flexibility index (Phi) is 6.35. The number of carbonyl (C=O) groups excluding carboxylic acids is 1. The van der Waals surface area contributed by atoms with Crippen LogP contribution in [0, 0.1) is 0 Å². The molecular weight excluding hydrogens is 386 g/mol. The number of nitrogens with zero attached hydrogens (tertiary/aromatic N) is 1. The molecule has 1 fully saturated rings. The Hall–Kier alpha value is -2.16. The lowest BCUT2D eigenvalue weighted by molar-refractivity contribution is -0.150. The summed E-state index contributed by atoms with van der Waals surface area (Å²) in [4.78, 5) is 35.5. The largest absolute Gasteiger partial charge is 0.481 e. The van der Waals surface area contributed by atoms with Gasteiger partial charge in [0.25, 0.3) is 5.91 Å². The molecule has 6 nitrogen and oxygen atoms in total. The standard InChI is InChI=1S/C16H12ClNO5S2/c17-10(6-9-4-2-1-3-5-9)7-12-14(21)18(16(24)25-12)11(15(22)23)8-13(19)20/h1-7,11H,8H2,(H,19,20)(H,22,23)/b10-6-,12-7+/t11-/m1/s1. The van der Waals surface area contributed by atoms with Gasteiger partial charge in [0.1, 0.15) is 10.4 Å². The van der Waals surface area contributed by atoms with Gasteiger partial charge < -0.3 is 10.2 Å². The van der Waals surface area contributed by atoms with Crippen molar-refractivity contribution in [3.05, 3.63) is 51.9 Å². The third-order valence-electron chi connectivity index (χ3n) is 3.16. The lowest BCUT2D eigenvalue weighted by atomic mass is 10.2. The Morgan fingerprint density at radius 3 is 2.48 bits per heavy atom. The van der Waals surface area contributed by atoms with Gasteiger partial charge in [-0.3, -0.25) is 14.5 Å². The zero-order valence-electron chi connectivity index (χ0n) is 12.6. The van der Waals surface area contributed by atoms with Crippen molar-refractivity contribution in [2.24, 2.45) is 0 Å². The molecule has 1 amide bonds. The third-order valence-corrected chi connectivity index (χ3v) is 4.71. The number of amides is 1. The molecule has 0 spiro atoms. The first-order valence-corrected chi connectivity index (χ1v) is 8.53. The van der Waals surface area contributed by atoms with Gasteiger partial charge in [-0.15, -0.1) is 0 Å². The third kappa shape index (κ3) is 4.91. The molecule has 1 aromatic rings. The first-order valence-electron chi connectivity index (χ1n) is 6.93. The number of thiocarbonyl (C=S) groups is 1. The van der Waals surface area contributed by atoms with Gasteiger partial charge in [0.15, 0.2) is 0 Å². The summed E-state index contributed by atoms with van der Waals surface area (Å²) in [7, 11) is 0. The number of carbonyl (C=O) groups is 3. The summed E-state index contributed by atoms with van der Waals surface area (Å²) in [6.45, 7) is 0. The maximum absolute atomic E-state index is 12.4. The van der Waals surface area contributed by atoms with E-state index in [1.54, 1.807) is 6.08 Å². The Morgan fingerprint density at radius 1 is 1.28 bits per heavy atom. The smallest absolute Gasteiger partial charge is 0.327 e. The van der Waals surface area contributed by atoms with Crippen molar-refractivity contribution < 1.29 is 24.6 Å². The van der Waals surface area contributed by atoms with Gasteiger partial charge in [-0.1, -0.05) is 65.9 Å². The maximum atomic E-state index is 12.4. The molecule has 1 saturated heterocycles. The molecule has 0 aliphatic carbocycles. The molecule has 0 unspecified atom stereocenters. The highest BCUT2D eigenvalue weighted by molar-refractivity contribution is 8.26. The number of carboxylic acid groups (broad SMARTS) is 2. The molecule has 1 atom stereocenters. The molecule has 0 aromatic heterocycles. The number of benzene rings is 1. The zero-order valence-corrected chi connectivity index (χ0v) is 15.0. The van der Waals surface area contributed by atoms with Crippen LogP contribution >= 0.6 is 35.6 Å². The Balaban J connectivity index is 2.26. The van der Waals surface area contributed by atoms with Gasteiger partial charge in [0, 0.05) is 5.03 Å². The predicted octanol–water partition coefficient (Wildman–Crippen LogP) is 2.94. The highest BCUT2D eigenvalue weighted by atomic mass is 35.5. The first-order chi connectivity index (χ1) is 11.8. The second-order valence-electron chi connectivity index (χ2n) is 4.94. The van der Waals surface area contributed by atoms with E-state index in [0.717, 1.165) is 22.2 Å². The second kappa shape index (κ2) is 8.28. The monoisotopic (exact) mass is 397 g/mol. The molecule has 1 aliphatic heterocycles. The molecule has 1 aromatic carbocycles. The average Bonchev–Trinajstić information content (AvgIpc) is 2.79. The minimum atomic E-state index is -1.56. The summed E-state index contributed by atoms with van der Waals surface area (Å²) in [6, 6.07) is 7.61. The number of thioether (sulfide) groups is 1. The first kappa shape index (κ1) is 19.2. The van der Waals surface area contributed by atoms with Crippen LogP contribution in [0.3, 0.4) is 0 Å². The van der Waals surface area contributed by atoms with E-state index in [1.807, 2.05) is 30.3 Å². The Bertz CT molecular complexity index is 791. The fourth-order valence-corrected chi connectivity index (χ4v) is 3.73. The van der Waals surface area contributed by atoms with Crippen molar-refractivity contribution in [2.75, 3.05) is 0 Å². The van der Waals surface area contributed by atoms with Gasteiger partial charge >= 0.3 is 11.9 Å². The summed E-state index contributed by atoms with van der Waals surface area (Å²) in [6.07, 6.45) is 2.27. The van der Waals surface area contributed by atoms with Crippen molar-refractivity contribution in [2.45, 2.75) is 12.5 Å². The fraction of sp³-hybridized carbons (Fsp3) is 0.125. The van der Waals surface area contributed by atoms with E-state index in [9.17, 15) is 19.5 Å². The quantitative estimate of drug-likeness (QED) is 0.562. The second-order valence-corrected chi connectivity index (χ2v) is 7.06. The molecule has 1 aliphatic rings. The number of hydrogen-bond acceptors (Lipinski definition) is 5. The van der Waals surface area contributed by atoms with Gasteiger partial charge in [-0.25, -0.2) is 4.79 Å². The van der Waals surface area contributed by atoms with E-state index < -0.39 is 30.3 Å². The molecule has 1 heterocycles. The number of carboxylic acids is 2. The minimum absolute atomic E-state index is 0.0194. The van der Waals surface area contributed by atoms with E-state index in [1.165, 1.54) is 6.08 Å². The lowest BCUT2D eigenvalue weighted by Crippen LogP contribution is -2.45. The van der Waals surface area contributed by atoms with E-state index in [0.29, 0.717) is 0 Å². The summed E-state index contributed by atoms with van der Waals surface area (Å²) >= 11 is 12.0. The van der Waals surface area contributed by atoms with Crippen LogP contribution in [-0.2, 0) is 14.4 Å². The lowest BCUT2D eigenvalue weighted by Gasteiger charge is -2.21. The molecule has 25 heavy (non-hydrogen) atoms. The molecule has 130 valence electrons. The molecule has 0 radical (unpaired) electrons.